The predicted molar refractivity (Wildman–Crippen MR) is 48.0 cm³/mol. The summed E-state index contributed by atoms with van der Waals surface area (Å²) in [4.78, 5) is 15.0. The minimum atomic E-state index is 0.163. The second-order valence-electron chi connectivity index (χ2n) is 2.73. The summed E-state index contributed by atoms with van der Waals surface area (Å²) >= 11 is 3.32. The Morgan fingerprint density at radius 2 is 2.27 bits per heavy atom. The normalized spacial score (nSPS) is 19.3. The molecule has 0 atom stereocenters. The van der Waals surface area contributed by atoms with E-state index in [0.717, 1.165) is 31.4 Å². The van der Waals surface area contributed by atoms with Crippen LogP contribution >= 0.6 is 15.9 Å². The number of urea groups is 1. The van der Waals surface area contributed by atoms with Crippen LogP contribution < -0.4 is 0 Å². The van der Waals surface area contributed by atoms with Crippen molar-refractivity contribution in [3.63, 3.8) is 0 Å². The third-order valence-electron chi connectivity index (χ3n) is 1.87. The Hall–Kier alpha value is -0.250. The fourth-order valence-corrected chi connectivity index (χ4v) is 1.67. The molecule has 1 heterocycles. The third-order valence-corrected chi connectivity index (χ3v) is 2.23. The van der Waals surface area contributed by atoms with Gasteiger partial charge < -0.3 is 9.80 Å². The minimum absolute atomic E-state index is 0.163. The highest BCUT2D eigenvalue weighted by atomic mass is 79.9. The van der Waals surface area contributed by atoms with Crippen molar-refractivity contribution in [2.45, 2.75) is 6.42 Å². The summed E-state index contributed by atoms with van der Waals surface area (Å²) in [6.07, 6.45) is 1.09. The maximum absolute atomic E-state index is 11.3. The van der Waals surface area contributed by atoms with Gasteiger partial charge in [-0.05, 0) is 6.42 Å². The Morgan fingerprint density at radius 3 is 2.91 bits per heavy atom. The van der Waals surface area contributed by atoms with Gasteiger partial charge in [-0.1, -0.05) is 15.9 Å². The number of carbonyl (C=O) groups is 1. The molecule has 1 fully saturated rings. The van der Waals surface area contributed by atoms with Gasteiger partial charge in [-0.25, -0.2) is 4.79 Å². The van der Waals surface area contributed by atoms with Crippen LogP contribution in [0.2, 0.25) is 0 Å². The zero-order chi connectivity index (χ0) is 8.27. The second-order valence-corrected chi connectivity index (χ2v) is 3.53. The zero-order valence-electron chi connectivity index (χ0n) is 6.72. The van der Waals surface area contributed by atoms with Crippen molar-refractivity contribution in [2.75, 3.05) is 32.0 Å². The molecule has 0 bridgehead atoms. The van der Waals surface area contributed by atoms with Crippen molar-refractivity contribution >= 4 is 22.0 Å². The molecule has 3 nitrogen and oxygen atoms in total. The summed E-state index contributed by atoms with van der Waals surface area (Å²) in [6.45, 7) is 2.63. The Bertz CT molecular complexity index is 149. The number of alkyl halides is 1. The molecule has 0 aliphatic carbocycles. The van der Waals surface area contributed by atoms with Crippen molar-refractivity contribution in [2.24, 2.45) is 0 Å². The second kappa shape index (κ2) is 3.95. The van der Waals surface area contributed by atoms with Crippen LogP contribution in [0, 0.1) is 0 Å². The van der Waals surface area contributed by atoms with Gasteiger partial charge in [0.2, 0.25) is 0 Å². The topological polar surface area (TPSA) is 23.6 Å². The molecule has 4 heteroatoms. The van der Waals surface area contributed by atoms with E-state index >= 15 is 0 Å². The van der Waals surface area contributed by atoms with Crippen LogP contribution in [0.5, 0.6) is 0 Å². The first-order valence-corrected chi connectivity index (χ1v) is 4.94. The van der Waals surface area contributed by atoms with Gasteiger partial charge in [-0.15, -0.1) is 0 Å². The molecule has 1 aliphatic rings. The highest BCUT2D eigenvalue weighted by Crippen LogP contribution is 2.06. The summed E-state index contributed by atoms with van der Waals surface area (Å²) < 4.78 is 0. The van der Waals surface area contributed by atoms with E-state index in [2.05, 4.69) is 15.9 Å². The van der Waals surface area contributed by atoms with Crippen LogP contribution in [-0.4, -0.2) is 47.8 Å². The molecule has 2 amide bonds. The maximum Gasteiger partial charge on any atom is 0.319 e. The van der Waals surface area contributed by atoms with Gasteiger partial charge in [-0.3, -0.25) is 0 Å². The third kappa shape index (κ3) is 2.09. The lowest BCUT2D eigenvalue weighted by Crippen LogP contribution is -2.47. The SMILES string of the molecule is CN1CCCN(CCBr)C1=O. The van der Waals surface area contributed by atoms with Crippen molar-refractivity contribution in [1.82, 2.24) is 9.80 Å². The fourth-order valence-electron chi connectivity index (χ4n) is 1.24. The number of halogens is 1. The molecule has 0 aromatic carbocycles. The molecule has 0 N–H and O–H groups in total. The molecular weight excluding hydrogens is 208 g/mol. The molecule has 0 radical (unpaired) electrons. The molecule has 1 saturated heterocycles. The summed E-state index contributed by atoms with van der Waals surface area (Å²) in [5, 5.41) is 0.868. The fraction of sp³-hybridized carbons (Fsp3) is 0.857. The number of hydrogen-bond acceptors (Lipinski definition) is 1. The van der Waals surface area contributed by atoms with E-state index < -0.39 is 0 Å². The van der Waals surface area contributed by atoms with Gasteiger partial charge in [-0.2, -0.15) is 0 Å². The average molecular weight is 221 g/mol. The molecule has 1 aliphatic heterocycles. The van der Waals surface area contributed by atoms with Gasteiger partial charge in [0.05, 0.1) is 0 Å². The monoisotopic (exact) mass is 220 g/mol. The molecule has 64 valence electrons. The van der Waals surface area contributed by atoms with Crippen molar-refractivity contribution in [3.05, 3.63) is 0 Å². The van der Waals surface area contributed by atoms with Crippen LogP contribution in [0.4, 0.5) is 4.79 Å². The van der Waals surface area contributed by atoms with Crippen LogP contribution in [0.3, 0.4) is 0 Å². The Kier molecular flexibility index (Phi) is 3.17. The number of nitrogens with zero attached hydrogens (tertiary/aromatic N) is 2. The molecule has 0 unspecified atom stereocenters. The first-order chi connectivity index (χ1) is 5.25. The van der Waals surface area contributed by atoms with E-state index in [-0.39, 0.29) is 6.03 Å². The van der Waals surface area contributed by atoms with Crippen LogP contribution in [-0.2, 0) is 0 Å². The highest BCUT2D eigenvalue weighted by molar-refractivity contribution is 9.09. The number of carbonyl (C=O) groups excluding carboxylic acids is 1. The lowest BCUT2D eigenvalue weighted by atomic mass is 10.3. The molecule has 1 rings (SSSR count). The van der Waals surface area contributed by atoms with E-state index in [9.17, 15) is 4.79 Å². The summed E-state index contributed by atoms with van der Waals surface area (Å²) in [5.74, 6) is 0. The molecule has 11 heavy (non-hydrogen) atoms. The summed E-state index contributed by atoms with van der Waals surface area (Å²) in [6, 6.07) is 0.163. The largest absolute Gasteiger partial charge is 0.328 e. The number of amides is 2. The minimum Gasteiger partial charge on any atom is -0.328 e. The van der Waals surface area contributed by atoms with Gasteiger partial charge in [0.25, 0.3) is 0 Å². The van der Waals surface area contributed by atoms with E-state index in [1.807, 2.05) is 11.9 Å². The van der Waals surface area contributed by atoms with Crippen LogP contribution in [0.1, 0.15) is 6.42 Å². The predicted octanol–water partition coefficient (Wildman–Crippen LogP) is 1.14. The number of hydrogen-bond donors (Lipinski definition) is 0. The zero-order valence-corrected chi connectivity index (χ0v) is 8.30. The molecule has 0 aromatic heterocycles. The summed E-state index contributed by atoms with van der Waals surface area (Å²) in [5.41, 5.74) is 0. The van der Waals surface area contributed by atoms with Gasteiger partial charge in [0, 0.05) is 32.0 Å². The first-order valence-electron chi connectivity index (χ1n) is 3.81. The van der Waals surface area contributed by atoms with Crippen molar-refractivity contribution in [3.8, 4) is 0 Å². The lowest BCUT2D eigenvalue weighted by molar-refractivity contribution is 0.145. The van der Waals surface area contributed by atoms with E-state index in [1.54, 1.807) is 4.90 Å². The van der Waals surface area contributed by atoms with E-state index in [4.69, 9.17) is 0 Å². The quantitative estimate of drug-likeness (QED) is 0.641. The van der Waals surface area contributed by atoms with Gasteiger partial charge in [0.15, 0.2) is 0 Å². The van der Waals surface area contributed by atoms with Gasteiger partial charge in [0.1, 0.15) is 0 Å². The lowest BCUT2D eigenvalue weighted by Gasteiger charge is -2.32. The molecular formula is C7H13BrN2O. The first kappa shape index (κ1) is 8.84. The van der Waals surface area contributed by atoms with Crippen LogP contribution in [0.15, 0.2) is 0 Å². The Balaban J connectivity index is 2.44. The molecule has 0 aromatic rings. The number of rotatable bonds is 2. The maximum atomic E-state index is 11.3. The smallest absolute Gasteiger partial charge is 0.319 e. The average Bonchev–Trinajstić information content (AvgIpc) is 1.99. The van der Waals surface area contributed by atoms with Crippen LogP contribution in [0.25, 0.3) is 0 Å². The molecule has 0 spiro atoms. The Morgan fingerprint density at radius 1 is 1.55 bits per heavy atom. The van der Waals surface area contributed by atoms with E-state index in [1.165, 1.54) is 0 Å². The van der Waals surface area contributed by atoms with E-state index in [0.29, 0.717) is 0 Å². The van der Waals surface area contributed by atoms with Gasteiger partial charge >= 0.3 is 6.03 Å². The standard InChI is InChI=1S/C7H13BrN2O/c1-9-4-2-5-10(6-3-8)7(9)11/h2-6H2,1H3. The Labute approximate surface area is 75.5 Å². The van der Waals surface area contributed by atoms with Crippen molar-refractivity contribution < 1.29 is 4.79 Å². The molecule has 0 saturated carbocycles. The highest BCUT2D eigenvalue weighted by Gasteiger charge is 2.21. The summed E-state index contributed by atoms with van der Waals surface area (Å²) in [7, 11) is 1.85. The van der Waals surface area contributed by atoms with Crippen molar-refractivity contribution in [1.29, 1.82) is 0 Å².